The van der Waals surface area contributed by atoms with E-state index in [0.29, 0.717) is 12.4 Å². The van der Waals surface area contributed by atoms with Gasteiger partial charge in [-0.15, -0.1) is 0 Å². The third-order valence-electron chi connectivity index (χ3n) is 2.65. The topological polar surface area (TPSA) is 47.0 Å². The number of aromatic nitrogens is 2. The number of hydrogen-bond donors (Lipinski definition) is 1. The predicted octanol–water partition coefficient (Wildman–Crippen LogP) is 3.79. The predicted molar refractivity (Wildman–Crippen MR) is 89.0 cm³/mol. The monoisotopic (exact) mass is 383 g/mol. The number of ether oxygens (including phenoxy) is 1. The molecule has 1 heterocycles. The van der Waals surface area contributed by atoms with Crippen LogP contribution in [0.2, 0.25) is 0 Å². The molecule has 20 heavy (non-hydrogen) atoms. The van der Waals surface area contributed by atoms with Crippen LogP contribution >= 0.6 is 22.6 Å². The van der Waals surface area contributed by atoms with Gasteiger partial charge in [-0.05, 0) is 48.1 Å². The maximum Gasteiger partial charge on any atom is 0.168 e. The van der Waals surface area contributed by atoms with E-state index in [4.69, 9.17) is 4.74 Å². The Kier molecular flexibility index (Phi) is 5.58. The number of aryl methyl sites for hydroxylation is 1. The van der Waals surface area contributed by atoms with Crippen molar-refractivity contribution in [2.45, 2.75) is 26.9 Å². The molecule has 0 aliphatic rings. The molecule has 0 saturated carbocycles. The molecule has 0 saturated heterocycles. The third kappa shape index (κ3) is 4.33. The Morgan fingerprint density at radius 1 is 1.25 bits per heavy atom. The van der Waals surface area contributed by atoms with E-state index in [9.17, 15) is 0 Å². The van der Waals surface area contributed by atoms with E-state index >= 15 is 0 Å². The molecule has 2 rings (SSSR count). The lowest BCUT2D eigenvalue weighted by Crippen LogP contribution is -2.08. The van der Waals surface area contributed by atoms with Crippen molar-refractivity contribution >= 4 is 28.4 Å². The normalized spacial score (nSPS) is 10.3. The Balaban J connectivity index is 2.05. The standard InChI is InChI=1S/C15H18IN3O/c1-3-8-17-14-9-11(2)18-15(19-14)10-20-13-7-5-4-6-12(13)16/h4-7,9H,3,8,10H2,1-2H3,(H,17,18,19). The molecule has 0 aliphatic heterocycles. The maximum atomic E-state index is 5.78. The van der Waals surface area contributed by atoms with E-state index < -0.39 is 0 Å². The second-order valence-corrected chi connectivity index (χ2v) is 5.62. The lowest BCUT2D eigenvalue weighted by molar-refractivity contribution is 0.293. The molecule has 0 radical (unpaired) electrons. The van der Waals surface area contributed by atoms with Gasteiger partial charge in [0.1, 0.15) is 18.2 Å². The maximum absolute atomic E-state index is 5.78. The average Bonchev–Trinajstić information content (AvgIpc) is 2.44. The SMILES string of the molecule is CCCNc1cc(C)nc(COc2ccccc2I)n1. The van der Waals surface area contributed by atoms with Gasteiger partial charge >= 0.3 is 0 Å². The Labute approximate surface area is 133 Å². The molecule has 0 atom stereocenters. The summed E-state index contributed by atoms with van der Waals surface area (Å²) in [5, 5.41) is 3.28. The van der Waals surface area contributed by atoms with Crippen LogP contribution in [0.3, 0.4) is 0 Å². The summed E-state index contributed by atoms with van der Waals surface area (Å²) in [6.45, 7) is 5.38. The second-order valence-electron chi connectivity index (χ2n) is 4.46. The molecular formula is C15H18IN3O. The fourth-order valence-electron chi connectivity index (χ4n) is 1.74. The van der Waals surface area contributed by atoms with Crippen molar-refractivity contribution in [3.05, 3.63) is 45.4 Å². The van der Waals surface area contributed by atoms with Gasteiger partial charge in [0.15, 0.2) is 5.82 Å². The first-order valence-corrected chi connectivity index (χ1v) is 7.72. The van der Waals surface area contributed by atoms with Crippen molar-refractivity contribution in [1.29, 1.82) is 0 Å². The van der Waals surface area contributed by atoms with Crippen molar-refractivity contribution in [1.82, 2.24) is 9.97 Å². The van der Waals surface area contributed by atoms with Crippen molar-refractivity contribution in [3.63, 3.8) is 0 Å². The minimum atomic E-state index is 0.377. The summed E-state index contributed by atoms with van der Waals surface area (Å²) in [6, 6.07) is 9.87. The second kappa shape index (κ2) is 7.42. The zero-order valence-electron chi connectivity index (χ0n) is 11.7. The summed E-state index contributed by atoms with van der Waals surface area (Å²) in [6.07, 6.45) is 1.07. The minimum Gasteiger partial charge on any atom is -0.485 e. The highest BCUT2D eigenvalue weighted by Crippen LogP contribution is 2.20. The number of halogens is 1. The van der Waals surface area contributed by atoms with Gasteiger partial charge in [-0.3, -0.25) is 0 Å². The van der Waals surface area contributed by atoms with E-state index in [-0.39, 0.29) is 0 Å². The van der Waals surface area contributed by atoms with E-state index in [1.165, 1.54) is 0 Å². The van der Waals surface area contributed by atoms with Gasteiger partial charge in [-0.2, -0.15) is 0 Å². The van der Waals surface area contributed by atoms with Gasteiger partial charge in [0.2, 0.25) is 0 Å². The Morgan fingerprint density at radius 3 is 2.80 bits per heavy atom. The van der Waals surface area contributed by atoms with E-state index in [2.05, 4.69) is 44.8 Å². The zero-order valence-corrected chi connectivity index (χ0v) is 13.8. The van der Waals surface area contributed by atoms with Crippen LogP contribution in [0.1, 0.15) is 24.9 Å². The van der Waals surface area contributed by atoms with Gasteiger partial charge in [-0.1, -0.05) is 19.1 Å². The molecule has 0 amide bonds. The molecule has 1 N–H and O–H groups in total. The van der Waals surface area contributed by atoms with Crippen molar-refractivity contribution in [2.24, 2.45) is 0 Å². The summed E-state index contributed by atoms with van der Waals surface area (Å²) in [4.78, 5) is 8.87. The smallest absolute Gasteiger partial charge is 0.168 e. The largest absolute Gasteiger partial charge is 0.485 e. The van der Waals surface area contributed by atoms with Crippen molar-refractivity contribution in [2.75, 3.05) is 11.9 Å². The van der Waals surface area contributed by atoms with Crippen molar-refractivity contribution in [3.8, 4) is 5.75 Å². The van der Waals surface area contributed by atoms with Crippen molar-refractivity contribution < 1.29 is 4.74 Å². The van der Waals surface area contributed by atoms with E-state index in [1.807, 2.05) is 37.3 Å². The molecule has 0 aliphatic carbocycles. The lowest BCUT2D eigenvalue weighted by atomic mass is 10.3. The number of para-hydroxylation sites is 1. The highest BCUT2D eigenvalue weighted by molar-refractivity contribution is 14.1. The Hall–Kier alpha value is -1.37. The molecule has 106 valence electrons. The first kappa shape index (κ1) is 15.0. The van der Waals surface area contributed by atoms with Crippen LogP contribution in [0.5, 0.6) is 5.75 Å². The van der Waals surface area contributed by atoms with Crippen LogP contribution in [-0.4, -0.2) is 16.5 Å². The number of rotatable bonds is 6. The highest BCUT2D eigenvalue weighted by atomic mass is 127. The molecule has 0 spiro atoms. The fourth-order valence-corrected chi connectivity index (χ4v) is 2.29. The average molecular weight is 383 g/mol. The molecule has 1 aromatic carbocycles. The molecule has 4 nitrogen and oxygen atoms in total. The first-order chi connectivity index (χ1) is 9.69. The molecule has 0 fully saturated rings. The van der Waals surface area contributed by atoms with Crippen LogP contribution in [0.25, 0.3) is 0 Å². The molecule has 0 unspecified atom stereocenters. The highest BCUT2D eigenvalue weighted by Gasteiger charge is 2.05. The van der Waals surface area contributed by atoms with Gasteiger partial charge < -0.3 is 10.1 Å². The van der Waals surface area contributed by atoms with E-state index in [1.54, 1.807) is 0 Å². The first-order valence-electron chi connectivity index (χ1n) is 6.65. The number of anilines is 1. The van der Waals surface area contributed by atoms with Crippen LogP contribution in [-0.2, 0) is 6.61 Å². The van der Waals surface area contributed by atoms with Gasteiger partial charge in [0.05, 0.1) is 3.57 Å². The zero-order chi connectivity index (χ0) is 14.4. The van der Waals surface area contributed by atoms with Crippen LogP contribution in [0.4, 0.5) is 5.82 Å². The number of hydrogen-bond acceptors (Lipinski definition) is 4. The number of nitrogens with zero attached hydrogens (tertiary/aromatic N) is 2. The quantitative estimate of drug-likeness (QED) is 0.772. The minimum absolute atomic E-state index is 0.377. The van der Waals surface area contributed by atoms with Gasteiger partial charge in [0, 0.05) is 18.3 Å². The van der Waals surface area contributed by atoms with E-state index in [0.717, 1.165) is 33.8 Å². The molecule has 1 aromatic heterocycles. The molecule has 5 heteroatoms. The van der Waals surface area contributed by atoms with Crippen LogP contribution in [0, 0.1) is 10.5 Å². The van der Waals surface area contributed by atoms with Gasteiger partial charge in [0.25, 0.3) is 0 Å². The third-order valence-corrected chi connectivity index (χ3v) is 3.54. The molecule has 2 aromatic rings. The summed E-state index contributed by atoms with van der Waals surface area (Å²) in [5.41, 5.74) is 0.944. The number of nitrogens with one attached hydrogen (secondary N) is 1. The van der Waals surface area contributed by atoms with Gasteiger partial charge in [-0.25, -0.2) is 9.97 Å². The van der Waals surface area contributed by atoms with Crippen LogP contribution < -0.4 is 10.1 Å². The summed E-state index contributed by atoms with van der Waals surface area (Å²) >= 11 is 2.26. The Morgan fingerprint density at radius 2 is 2.05 bits per heavy atom. The Bertz CT molecular complexity index is 575. The lowest BCUT2D eigenvalue weighted by Gasteiger charge is -2.10. The van der Waals surface area contributed by atoms with Crippen LogP contribution in [0.15, 0.2) is 30.3 Å². The summed E-state index contributed by atoms with van der Waals surface area (Å²) < 4.78 is 6.86. The fraction of sp³-hybridized carbons (Fsp3) is 0.333. The number of benzene rings is 1. The summed E-state index contributed by atoms with van der Waals surface area (Å²) in [7, 11) is 0. The summed E-state index contributed by atoms with van der Waals surface area (Å²) in [5.74, 6) is 2.42. The molecular weight excluding hydrogens is 365 g/mol. The molecule has 0 bridgehead atoms.